The maximum Gasteiger partial charge on any atom is 0.435 e. The van der Waals surface area contributed by atoms with Crippen LogP contribution in [0.4, 0.5) is 4.79 Å². The lowest BCUT2D eigenvalue weighted by atomic mass is 10.1. The molecule has 31 heavy (non-hydrogen) atoms. The van der Waals surface area contributed by atoms with E-state index in [9.17, 15) is 18.0 Å². The summed E-state index contributed by atoms with van der Waals surface area (Å²) in [5, 5.41) is 9.52. The van der Waals surface area contributed by atoms with E-state index in [1.165, 1.54) is 12.1 Å². The standard InChI is InChI=1S/C22H27NO7S/c1-16-8-11-19(12-9-16)31(27,28)30-23(21(26)29-22(2,3)4)15-18-7-5-6-17(14-18)10-13-20(24)25/h5-9,11-12,14H,10,13,15H2,1-4H3,(H,24,25). The first-order valence-electron chi connectivity index (χ1n) is 9.67. The van der Waals surface area contributed by atoms with Crippen LogP contribution in [0, 0.1) is 6.92 Å². The number of carbonyl (C=O) groups excluding carboxylic acids is 1. The maximum absolute atomic E-state index is 12.7. The number of amides is 1. The fourth-order valence-electron chi connectivity index (χ4n) is 2.60. The molecular formula is C22H27NO7S. The monoisotopic (exact) mass is 449 g/mol. The highest BCUT2D eigenvalue weighted by Gasteiger charge is 2.29. The van der Waals surface area contributed by atoms with Crippen LogP contribution in [0.2, 0.25) is 0 Å². The number of carboxylic acid groups (broad SMARTS) is 1. The highest BCUT2D eigenvalue weighted by atomic mass is 32.2. The molecule has 9 heteroatoms. The maximum atomic E-state index is 12.7. The van der Waals surface area contributed by atoms with Gasteiger partial charge in [-0.25, -0.2) is 4.79 Å². The number of aliphatic carboxylic acids is 1. The van der Waals surface area contributed by atoms with Gasteiger partial charge in [0.2, 0.25) is 0 Å². The van der Waals surface area contributed by atoms with E-state index in [4.69, 9.17) is 14.1 Å². The molecule has 1 amide bonds. The van der Waals surface area contributed by atoms with Gasteiger partial charge in [0.25, 0.3) is 0 Å². The van der Waals surface area contributed by atoms with Crippen LogP contribution >= 0.6 is 0 Å². The minimum Gasteiger partial charge on any atom is -0.481 e. The van der Waals surface area contributed by atoms with Gasteiger partial charge in [-0.05, 0) is 57.4 Å². The molecule has 0 aliphatic rings. The number of hydrogen-bond donors (Lipinski definition) is 1. The molecule has 0 radical (unpaired) electrons. The van der Waals surface area contributed by atoms with Crippen molar-refractivity contribution < 1.29 is 32.1 Å². The molecule has 0 unspecified atom stereocenters. The number of ether oxygens (including phenoxy) is 1. The number of aryl methyl sites for hydroxylation is 2. The van der Waals surface area contributed by atoms with Gasteiger partial charge in [0.05, 0.1) is 11.4 Å². The molecule has 0 spiro atoms. The zero-order chi connectivity index (χ0) is 23.2. The molecule has 0 bridgehead atoms. The Kier molecular flexibility index (Phi) is 7.80. The largest absolute Gasteiger partial charge is 0.481 e. The van der Waals surface area contributed by atoms with Crippen molar-refractivity contribution in [2.24, 2.45) is 0 Å². The molecule has 0 aliphatic heterocycles. The van der Waals surface area contributed by atoms with Crippen LogP contribution in [0.15, 0.2) is 53.4 Å². The zero-order valence-corrected chi connectivity index (χ0v) is 18.8. The van der Waals surface area contributed by atoms with Gasteiger partial charge in [0.15, 0.2) is 0 Å². The van der Waals surface area contributed by atoms with Crippen molar-refractivity contribution >= 4 is 22.2 Å². The Morgan fingerprint density at radius 2 is 1.65 bits per heavy atom. The smallest absolute Gasteiger partial charge is 0.435 e. The third-order valence-corrected chi connectivity index (χ3v) is 5.27. The summed E-state index contributed by atoms with van der Waals surface area (Å²) in [7, 11) is -4.28. The van der Waals surface area contributed by atoms with Crippen molar-refractivity contribution in [3.05, 3.63) is 65.2 Å². The Bertz CT molecular complexity index is 1020. The molecule has 0 fully saturated rings. The second-order valence-electron chi connectivity index (χ2n) is 8.07. The number of carboxylic acids is 1. The quantitative estimate of drug-likeness (QED) is 0.605. The molecule has 0 atom stereocenters. The molecule has 8 nitrogen and oxygen atoms in total. The molecule has 0 saturated carbocycles. The third kappa shape index (κ3) is 8.03. The summed E-state index contributed by atoms with van der Waals surface area (Å²) in [5.74, 6) is -0.923. The first-order valence-corrected chi connectivity index (χ1v) is 11.1. The molecule has 1 N–H and O–H groups in total. The topological polar surface area (TPSA) is 110 Å². The Labute approximate surface area is 182 Å². The lowest BCUT2D eigenvalue weighted by Gasteiger charge is -2.26. The van der Waals surface area contributed by atoms with Gasteiger partial charge in [0, 0.05) is 6.42 Å². The van der Waals surface area contributed by atoms with Crippen molar-refractivity contribution in [1.82, 2.24) is 5.06 Å². The van der Waals surface area contributed by atoms with E-state index in [-0.39, 0.29) is 17.9 Å². The van der Waals surface area contributed by atoms with Crippen molar-refractivity contribution in [3.63, 3.8) is 0 Å². The Morgan fingerprint density at radius 1 is 1.03 bits per heavy atom. The van der Waals surface area contributed by atoms with E-state index in [1.54, 1.807) is 57.2 Å². The van der Waals surface area contributed by atoms with E-state index >= 15 is 0 Å². The highest BCUT2D eigenvalue weighted by molar-refractivity contribution is 7.86. The van der Waals surface area contributed by atoms with Crippen LogP contribution in [0.1, 0.15) is 43.9 Å². The summed E-state index contributed by atoms with van der Waals surface area (Å²) in [4.78, 5) is 23.4. The number of benzene rings is 2. The van der Waals surface area contributed by atoms with Crippen LogP contribution in [-0.4, -0.2) is 36.3 Å². The fourth-order valence-corrected chi connectivity index (χ4v) is 3.51. The first-order chi connectivity index (χ1) is 14.4. The summed E-state index contributed by atoms with van der Waals surface area (Å²) < 4.78 is 35.9. The Hall–Kier alpha value is -2.91. The van der Waals surface area contributed by atoms with Gasteiger partial charge >= 0.3 is 22.2 Å². The number of carbonyl (C=O) groups is 2. The van der Waals surface area contributed by atoms with Gasteiger partial charge in [-0.2, -0.15) is 13.5 Å². The van der Waals surface area contributed by atoms with Crippen LogP contribution in [-0.2, 0) is 36.9 Å². The molecule has 0 saturated heterocycles. The lowest BCUT2D eigenvalue weighted by Crippen LogP contribution is -2.38. The lowest BCUT2D eigenvalue weighted by molar-refractivity contribution is -0.136. The van der Waals surface area contributed by atoms with Gasteiger partial charge in [-0.3, -0.25) is 4.79 Å². The van der Waals surface area contributed by atoms with Crippen LogP contribution in [0.5, 0.6) is 0 Å². The summed E-state index contributed by atoms with van der Waals surface area (Å²) in [6.07, 6.45) is -0.700. The molecule has 168 valence electrons. The number of hydroxylamine groups is 2. The summed E-state index contributed by atoms with van der Waals surface area (Å²) in [6, 6.07) is 12.9. The van der Waals surface area contributed by atoms with E-state index in [0.717, 1.165) is 11.1 Å². The average Bonchev–Trinajstić information content (AvgIpc) is 2.65. The van der Waals surface area contributed by atoms with E-state index in [1.807, 2.05) is 6.92 Å². The molecule has 2 rings (SSSR count). The molecule has 0 aliphatic carbocycles. The third-order valence-electron chi connectivity index (χ3n) is 4.04. The molecular weight excluding hydrogens is 422 g/mol. The van der Waals surface area contributed by atoms with Crippen molar-refractivity contribution in [2.45, 2.75) is 57.6 Å². The van der Waals surface area contributed by atoms with Crippen molar-refractivity contribution in [3.8, 4) is 0 Å². The van der Waals surface area contributed by atoms with Gasteiger partial charge in [-0.1, -0.05) is 42.0 Å². The van der Waals surface area contributed by atoms with E-state index in [2.05, 4.69) is 0 Å². The summed E-state index contributed by atoms with van der Waals surface area (Å²) in [5.41, 5.74) is 1.31. The molecule has 2 aromatic carbocycles. The SMILES string of the molecule is Cc1ccc(S(=O)(=O)ON(Cc2cccc(CCC(=O)O)c2)C(=O)OC(C)(C)C)cc1. The van der Waals surface area contributed by atoms with Crippen molar-refractivity contribution in [2.75, 3.05) is 0 Å². The Morgan fingerprint density at radius 3 is 2.23 bits per heavy atom. The van der Waals surface area contributed by atoms with Crippen LogP contribution < -0.4 is 0 Å². The molecule has 0 aromatic heterocycles. The van der Waals surface area contributed by atoms with Crippen molar-refractivity contribution in [1.29, 1.82) is 0 Å². The fraction of sp³-hybridized carbons (Fsp3) is 0.364. The minimum absolute atomic E-state index is 0.0441. The average molecular weight is 450 g/mol. The highest BCUT2D eigenvalue weighted by Crippen LogP contribution is 2.20. The van der Waals surface area contributed by atoms with Gasteiger partial charge in [0.1, 0.15) is 5.60 Å². The predicted octanol–water partition coefficient (Wildman–Crippen LogP) is 4.07. The number of rotatable bonds is 8. The zero-order valence-electron chi connectivity index (χ0n) is 18.0. The van der Waals surface area contributed by atoms with Crippen LogP contribution in [0.25, 0.3) is 0 Å². The Balaban J connectivity index is 2.28. The molecule has 0 heterocycles. The summed E-state index contributed by atoms with van der Waals surface area (Å²) in [6.45, 7) is 6.58. The minimum atomic E-state index is -4.28. The second-order valence-corrected chi connectivity index (χ2v) is 9.60. The van der Waals surface area contributed by atoms with Gasteiger partial charge < -0.3 is 9.84 Å². The first kappa shape index (κ1) is 24.4. The predicted molar refractivity (Wildman–Crippen MR) is 114 cm³/mol. The number of nitrogens with zero attached hydrogens (tertiary/aromatic N) is 1. The van der Waals surface area contributed by atoms with E-state index in [0.29, 0.717) is 17.0 Å². The van der Waals surface area contributed by atoms with E-state index < -0.39 is 27.8 Å². The van der Waals surface area contributed by atoms with Gasteiger partial charge in [-0.15, -0.1) is 4.28 Å². The second kappa shape index (κ2) is 9.93. The van der Waals surface area contributed by atoms with Crippen LogP contribution in [0.3, 0.4) is 0 Å². The molecule has 2 aromatic rings. The summed E-state index contributed by atoms with van der Waals surface area (Å²) >= 11 is 0. The number of hydrogen-bond acceptors (Lipinski definition) is 6. The normalized spacial score (nSPS) is 11.7.